The molecule has 2 aromatic rings. The Morgan fingerprint density at radius 2 is 1.78 bits per heavy atom. The fourth-order valence-electron chi connectivity index (χ4n) is 3.34. The van der Waals surface area contributed by atoms with E-state index in [1.165, 1.54) is 6.07 Å². The van der Waals surface area contributed by atoms with E-state index in [0.717, 1.165) is 57.8 Å². The Morgan fingerprint density at radius 3 is 2.53 bits per heavy atom. The molecule has 0 atom stereocenters. The Kier molecular flexibility index (Phi) is 12.4. The number of hydrogen-bond donors (Lipinski definition) is 2. The Hall–Kier alpha value is -1.91. The van der Waals surface area contributed by atoms with Gasteiger partial charge in [0.2, 0.25) is 0 Å². The Labute approximate surface area is 207 Å². The van der Waals surface area contributed by atoms with Crippen molar-refractivity contribution < 1.29 is 18.6 Å². The van der Waals surface area contributed by atoms with Crippen molar-refractivity contribution >= 4 is 29.9 Å². The molecule has 2 N–H and O–H groups in total. The van der Waals surface area contributed by atoms with E-state index in [1.807, 2.05) is 24.3 Å². The minimum absolute atomic E-state index is 0. The maximum Gasteiger partial charge on any atom is 0.191 e. The topological polar surface area (TPSA) is 64.1 Å². The van der Waals surface area contributed by atoms with Gasteiger partial charge in [-0.3, -0.25) is 4.99 Å². The highest BCUT2D eigenvalue weighted by atomic mass is 127. The van der Waals surface area contributed by atoms with Crippen LogP contribution in [0.1, 0.15) is 24.8 Å². The SMILES string of the molecule is CN=C(NCCCOCC1CCOCC1)NCc1ccccc1Oc1ccccc1F.I. The van der Waals surface area contributed by atoms with Crippen molar-refractivity contribution in [2.24, 2.45) is 10.9 Å². The zero-order valence-corrected chi connectivity index (χ0v) is 20.8. The lowest BCUT2D eigenvalue weighted by Gasteiger charge is -2.21. The lowest BCUT2D eigenvalue weighted by atomic mass is 10.0. The Morgan fingerprint density at radius 1 is 1.06 bits per heavy atom. The molecule has 176 valence electrons. The standard InChI is InChI=1S/C24H32FN3O3.HI/c1-26-24(27-13-6-14-30-18-19-11-15-29-16-12-19)28-17-20-7-2-4-9-22(20)31-23-10-5-3-8-21(23)25;/h2-5,7-10,19H,6,11-18H2,1H3,(H2,26,27,28);1H. The van der Waals surface area contributed by atoms with Gasteiger partial charge in [-0.15, -0.1) is 24.0 Å². The molecule has 0 bridgehead atoms. The third kappa shape index (κ3) is 8.91. The van der Waals surface area contributed by atoms with Crippen LogP contribution in [0, 0.1) is 11.7 Å². The number of rotatable bonds is 10. The number of hydrogen-bond acceptors (Lipinski definition) is 4. The summed E-state index contributed by atoms with van der Waals surface area (Å²) in [4.78, 5) is 4.26. The van der Waals surface area contributed by atoms with Crippen molar-refractivity contribution in [1.29, 1.82) is 0 Å². The van der Waals surface area contributed by atoms with Gasteiger partial charge >= 0.3 is 0 Å². The lowest BCUT2D eigenvalue weighted by Crippen LogP contribution is -2.37. The first-order valence-corrected chi connectivity index (χ1v) is 10.9. The van der Waals surface area contributed by atoms with E-state index >= 15 is 0 Å². The van der Waals surface area contributed by atoms with Gasteiger partial charge in [0.1, 0.15) is 5.75 Å². The molecule has 0 amide bonds. The van der Waals surface area contributed by atoms with Crippen molar-refractivity contribution in [2.45, 2.75) is 25.8 Å². The second kappa shape index (κ2) is 15.0. The van der Waals surface area contributed by atoms with Crippen LogP contribution in [0.3, 0.4) is 0 Å². The van der Waals surface area contributed by atoms with Crippen molar-refractivity contribution in [2.75, 3.05) is 40.0 Å². The third-order valence-corrected chi connectivity index (χ3v) is 5.15. The number of guanidine groups is 1. The minimum atomic E-state index is -0.387. The molecule has 1 aliphatic rings. The maximum absolute atomic E-state index is 13.9. The molecular formula is C24H33FIN3O3. The molecule has 0 aromatic heterocycles. The van der Waals surface area contributed by atoms with Gasteiger partial charge in [-0.05, 0) is 43.4 Å². The van der Waals surface area contributed by atoms with Gasteiger partial charge in [0, 0.05) is 52.1 Å². The summed E-state index contributed by atoms with van der Waals surface area (Å²) >= 11 is 0. The number of aliphatic imine (C=N–C) groups is 1. The van der Waals surface area contributed by atoms with E-state index in [1.54, 1.807) is 25.2 Å². The maximum atomic E-state index is 13.9. The highest BCUT2D eigenvalue weighted by Gasteiger charge is 2.13. The summed E-state index contributed by atoms with van der Waals surface area (Å²) in [5, 5.41) is 6.57. The van der Waals surface area contributed by atoms with Gasteiger partial charge in [-0.1, -0.05) is 30.3 Å². The van der Waals surface area contributed by atoms with Gasteiger partial charge in [-0.25, -0.2) is 4.39 Å². The molecule has 1 heterocycles. The highest BCUT2D eigenvalue weighted by molar-refractivity contribution is 14.0. The van der Waals surface area contributed by atoms with Crippen LogP contribution in [-0.2, 0) is 16.0 Å². The van der Waals surface area contributed by atoms with E-state index in [0.29, 0.717) is 24.2 Å². The number of nitrogens with zero attached hydrogens (tertiary/aromatic N) is 1. The summed E-state index contributed by atoms with van der Waals surface area (Å²) in [7, 11) is 1.73. The molecule has 3 rings (SSSR count). The van der Waals surface area contributed by atoms with Crippen LogP contribution in [0.2, 0.25) is 0 Å². The number of nitrogens with one attached hydrogen (secondary N) is 2. The zero-order valence-electron chi connectivity index (χ0n) is 18.5. The van der Waals surface area contributed by atoms with Crippen LogP contribution in [0.4, 0.5) is 4.39 Å². The molecule has 1 aliphatic heterocycles. The summed E-state index contributed by atoms with van der Waals surface area (Å²) in [5.74, 6) is 1.75. The van der Waals surface area contributed by atoms with Crippen molar-refractivity contribution in [3.63, 3.8) is 0 Å². The van der Waals surface area contributed by atoms with E-state index in [-0.39, 0.29) is 35.5 Å². The average molecular weight is 557 g/mol. The molecule has 0 unspecified atom stereocenters. The molecule has 0 spiro atoms. The fourth-order valence-corrected chi connectivity index (χ4v) is 3.34. The molecule has 32 heavy (non-hydrogen) atoms. The van der Waals surface area contributed by atoms with Gasteiger partial charge in [0.25, 0.3) is 0 Å². The molecule has 1 fully saturated rings. The minimum Gasteiger partial charge on any atom is -0.454 e. The predicted octanol–water partition coefficient (Wildman–Crippen LogP) is 4.73. The molecule has 6 nitrogen and oxygen atoms in total. The summed E-state index contributed by atoms with van der Waals surface area (Å²) in [6.45, 7) is 4.51. The van der Waals surface area contributed by atoms with E-state index < -0.39 is 0 Å². The number of para-hydroxylation sites is 2. The summed E-state index contributed by atoms with van der Waals surface area (Å²) in [6.07, 6.45) is 3.09. The highest BCUT2D eigenvalue weighted by Crippen LogP contribution is 2.27. The third-order valence-electron chi connectivity index (χ3n) is 5.15. The smallest absolute Gasteiger partial charge is 0.191 e. The molecule has 1 saturated heterocycles. The largest absolute Gasteiger partial charge is 0.454 e. The van der Waals surface area contributed by atoms with E-state index in [9.17, 15) is 4.39 Å². The average Bonchev–Trinajstić information content (AvgIpc) is 2.81. The Balaban J connectivity index is 0.00000363. The summed E-state index contributed by atoms with van der Waals surface area (Å²) < 4.78 is 30.9. The van der Waals surface area contributed by atoms with E-state index in [2.05, 4.69) is 15.6 Å². The van der Waals surface area contributed by atoms with Crippen LogP contribution >= 0.6 is 24.0 Å². The van der Waals surface area contributed by atoms with Crippen LogP contribution in [-0.4, -0.2) is 46.0 Å². The first-order chi connectivity index (χ1) is 15.3. The normalized spacial score (nSPS) is 14.5. The Bertz CT molecular complexity index is 832. The molecular weight excluding hydrogens is 524 g/mol. The van der Waals surface area contributed by atoms with Gasteiger partial charge < -0.3 is 24.8 Å². The quantitative estimate of drug-likeness (QED) is 0.191. The van der Waals surface area contributed by atoms with Crippen LogP contribution in [0.5, 0.6) is 11.5 Å². The molecule has 8 heteroatoms. The predicted molar refractivity (Wildman–Crippen MR) is 136 cm³/mol. The monoisotopic (exact) mass is 557 g/mol. The number of benzene rings is 2. The fraction of sp³-hybridized carbons (Fsp3) is 0.458. The zero-order chi connectivity index (χ0) is 21.7. The molecule has 0 radical (unpaired) electrons. The van der Waals surface area contributed by atoms with Gasteiger partial charge in [0.15, 0.2) is 17.5 Å². The first kappa shape index (κ1) is 26.3. The van der Waals surface area contributed by atoms with Gasteiger partial charge in [0.05, 0.1) is 0 Å². The molecule has 0 saturated carbocycles. The molecule has 2 aromatic carbocycles. The number of halogens is 2. The first-order valence-electron chi connectivity index (χ1n) is 10.9. The van der Waals surface area contributed by atoms with Crippen LogP contribution in [0.25, 0.3) is 0 Å². The van der Waals surface area contributed by atoms with Crippen molar-refractivity contribution in [3.05, 3.63) is 59.9 Å². The second-order valence-electron chi connectivity index (χ2n) is 7.48. The number of ether oxygens (including phenoxy) is 3. The lowest BCUT2D eigenvalue weighted by molar-refractivity contribution is 0.0203. The summed E-state index contributed by atoms with van der Waals surface area (Å²) in [5.41, 5.74) is 0.911. The van der Waals surface area contributed by atoms with Gasteiger partial charge in [-0.2, -0.15) is 0 Å². The molecule has 0 aliphatic carbocycles. The van der Waals surface area contributed by atoms with Crippen molar-refractivity contribution in [3.8, 4) is 11.5 Å². The van der Waals surface area contributed by atoms with Crippen LogP contribution in [0.15, 0.2) is 53.5 Å². The van der Waals surface area contributed by atoms with Crippen LogP contribution < -0.4 is 15.4 Å². The summed E-state index contributed by atoms with van der Waals surface area (Å²) in [6, 6.07) is 14.0. The van der Waals surface area contributed by atoms with E-state index in [4.69, 9.17) is 14.2 Å². The second-order valence-corrected chi connectivity index (χ2v) is 7.48. The van der Waals surface area contributed by atoms with Crippen molar-refractivity contribution in [1.82, 2.24) is 10.6 Å².